The second-order valence-corrected chi connectivity index (χ2v) is 2.15. The van der Waals surface area contributed by atoms with Crippen molar-refractivity contribution >= 4 is 0 Å². The Morgan fingerprint density at radius 1 is 0.769 bits per heavy atom. The van der Waals surface area contributed by atoms with Crippen LogP contribution < -0.4 is 34.0 Å². The molecule has 0 fully saturated rings. The molecule has 0 aliphatic heterocycles. The van der Waals surface area contributed by atoms with Crippen LogP contribution in [-0.2, 0) is 21.7 Å². The van der Waals surface area contributed by atoms with E-state index in [4.69, 9.17) is 10.2 Å². The van der Waals surface area contributed by atoms with Crippen LogP contribution in [0.1, 0.15) is 39.5 Å². The van der Waals surface area contributed by atoms with E-state index in [9.17, 15) is 0 Å². The third kappa shape index (κ3) is 58.4. The Hall–Kier alpha value is 1.59. The average molecular weight is 356 g/mol. The van der Waals surface area contributed by atoms with Gasteiger partial charge in [-0.25, -0.2) is 0 Å². The predicted molar refractivity (Wildman–Crippen MR) is 44.0 cm³/mol. The van der Waals surface area contributed by atoms with Gasteiger partial charge < -0.3 is 44.2 Å². The summed E-state index contributed by atoms with van der Waals surface area (Å²) < 4.78 is 0. The molecule has 0 bridgehead atoms. The van der Waals surface area contributed by atoms with Crippen LogP contribution in [0.5, 0.6) is 0 Å². The van der Waals surface area contributed by atoms with Gasteiger partial charge in [0.2, 0.25) is 0 Å². The van der Waals surface area contributed by atoms with Crippen LogP contribution in [0.4, 0.5) is 0 Å². The smallest absolute Gasteiger partial charge is 1.00 e. The van der Waals surface area contributed by atoms with Gasteiger partial charge in [-0.3, -0.25) is 0 Å². The zero-order valence-electron chi connectivity index (χ0n) is 8.39. The summed E-state index contributed by atoms with van der Waals surface area (Å²) in [6.45, 7) is 4.79. The van der Waals surface area contributed by atoms with E-state index in [-0.39, 0.29) is 55.7 Å². The van der Waals surface area contributed by atoms with Crippen molar-refractivity contribution in [3.8, 4) is 0 Å². The van der Waals surface area contributed by atoms with Gasteiger partial charge in [0.25, 0.3) is 0 Å². The van der Waals surface area contributed by atoms with Gasteiger partial charge in [-0.05, 0) is 12.8 Å². The molecule has 0 spiro atoms. The van der Waals surface area contributed by atoms with Crippen molar-refractivity contribution in [1.82, 2.24) is 0 Å². The van der Waals surface area contributed by atoms with Crippen molar-refractivity contribution < 1.29 is 65.9 Å². The number of aliphatic hydroxyl groups excluding tert-OH is 2. The number of halogens is 2. The normalized spacial score (nSPS) is 6.46. The van der Waals surface area contributed by atoms with Crippen LogP contribution in [-0.4, -0.2) is 23.4 Å². The standard InChI is InChI=1S/2C4H10O.2BrH.Ti/c2*1-2-3-4-5;;;/h2*5H,2-4H2,1H3;2*1H;/q;;;;+2/p-2. The second kappa shape index (κ2) is 37.4. The minimum Gasteiger partial charge on any atom is -1.00 e. The van der Waals surface area contributed by atoms with E-state index < -0.39 is 0 Å². The molecule has 0 aromatic rings. The zero-order valence-corrected chi connectivity index (χ0v) is 13.1. The predicted octanol–water partition coefficient (Wildman–Crippen LogP) is -4.44. The fourth-order valence-electron chi connectivity index (χ4n) is 0.316. The summed E-state index contributed by atoms with van der Waals surface area (Å²) in [7, 11) is 0. The Morgan fingerprint density at radius 2 is 1.00 bits per heavy atom. The molecule has 0 atom stereocenters. The zero-order chi connectivity index (χ0) is 8.24. The number of hydrogen-bond donors (Lipinski definition) is 2. The number of aliphatic hydroxyl groups is 2. The van der Waals surface area contributed by atoms with Gasteiger partial charge in [0.05, 0.1) is 0 Å². The largest absolute Gasteiger partial charge is 2.00 e. The first-order valence-electron chi connectivity index (χ1n) is 4.05. The summed E-state index contributed by atoms with van der Waals surface area (Å²) in [5.41, 5.74) is 0. The molecular formula is C8H20Br2O2Ti. The van der Waals surface area contributed by atoms with Crippen molar-refractivity contribution in [3.05, 3.63) is 0 Å². The van der Waals surface area contributed by atoms with Crippen LogP contribution in [0.3, 0.4) is 0 Å². The average Bonchev–Trinajstić information content (AvgIpc) is 1.93. The SMILES string of the molecule is CCCCO.CCCCO.[Br-].[Br-].[Ti+2]. The van der Waals surface area contributed by atoms with Crippen molar-refractivity contribution in [2.45, 2.75) is 39.5 Å². The molecule has 0 rings (SSSR count). The van der Waals surface area contributed by atoms with E-state index in [0.717, 1.165) is 25.7 Å². The number of unbranched alkanes of at least 4 members (excludes halogenated alkanes) is 2. The molecule has 0 saturated carbocycles. The first-order chi connectivity index (χ1) is 4.83. The van der Waals surface area contributed by atoms with Crippen molar-refractivity contribution in [3.63, 3.8) is 0 Å². The third-order valence-electron chi connectivity index (χ3n) is 1.02. The Kier molecular flexibility index (Phi) is 84.3. The van der Waals surface area contributed by atoms with Crippen LogP contribution in [0.15, 0.2) is 0 Å². The summed E-state index contributed by atoms with van der Waals surface area (Å²) >= 11 is 0. The Morgan fingerprint density at radius 3 is 1.00 bits per heavy atom. The van der Waals surface area contributed by atoms with E-state index in [0.29, 0.717) is 13.2 Å². The van der Waals surface area contributed by atoms with Gasteiger partial charge in [0.1, 0.15) is 0 Å². The monoisotopic (exact) mass is 354 g/mol. The Balaban J connectivity index is -0.0000000267. The van der Waals surface area contributed by atoms with Crippen molar-refractivity contribution in [2.24, 2.45) is 0 Å². The summed E-state index contributed by atoms with van der Waals surface area (Å²) in [6, 6.07) is 0. The maximum atomic E-state index is 8.07. The van der Waals surface area contributed by atoms with E-state index in [2.05, 4.69) is 13.8 Å². The topological polar surface area (TPSA) is 40.5 Å². The Bertz CT molecular complexity index is 41.1. The summed E-state index contributed by atoms with van der Waals surface area (Å²) in [4.78, 5) is 0. The molecule has 0 aromatic carbocycles. The molecule has 0 radical (unpaired) electrons. The Labute approximate surface area is 118 Å². The van der Waals surface area contributed by atoms with Gasteiger partial charge in [0, 0.05) is 13.2 Å². The van der Waals surface area contributed by atoms with E-state index >= 15 is 0 Å². The van der Waals surface area contributed by atoms with Crippen LogP contribution in [0, 0.1) is 0 Å². The first kappa shape index (κ1) is 29.3. The minimum absolute atomic E-state index is 0. The summed E-state index contributed by atoms with van der Waals surface area (Å²) in [5.74, 6) is 0. The quantitative estimate of drug-likeness (QED) is 0.500. The van der Waals surface area contributed by atoms with Crippen LogP contribution in [0.2, 0.25) is 0 Å². The molecule has 82 valence electrons. The van der Waals surface area contributed by atoms with Gasteiger partial charge in [0.15, 0.2) is 0 Å². The molecule has 13 heavy (non-hydrogen) atoms. The van der Waals surface area contributed by atoms with Gasteiger partial charge >= 0.3 is 21.7 Å². The van der Waals surface area contributed by atoms with Crippen molar-refractivity contribution in [1.29, 1.82) is 0 Å². The van der Waals surface area contributed by atoms with E-state index in [1.165, 1.54) is 0 Å². The van der Waals surface area contributed by atoms with E-state index in [1.807, 2.05) is 0 Å². The molecule has 0 amide bonds. The van der Waals surface area contributed by atoms with Gasteiger partial charge in [-0.2, -0.15) is 0 Å². The maximum Gasteiger partial charge on any atom is 2.00 e. The third-order valence-corrected chi connectivity index (χ3v) is 1.02. The van der Waals surface area contributed by atoms with Crippen LogP contribution in [0.25, 0.3) is 0 Å². The minimum atomic E-state index is 0. The molecule has 0 aromatic heterocycles. The van der Waals surface area contributed by atoms with Crippen LogP contribution >= 0.6 is 0 Å². The van der Waals surface area contributed by atoms with Gasteiger partial charge in [-0.1, -0.05) is 26.7 Å². The molecule has 5 heteroatoms. The number of hydrogen-bond acceptors (Lipinski definition) is 2. The molecule has 0 aliphatic rings. The molecule has 0 heterocycles. The first-order valence-corrected chi connectivity index (χ1v) is 4.05. The molecule has 0 saturated heterocycles. The molecular weight excluding hydrogens is 336 g/mol. The summed E-state index contributed by atoms with van der Waals surface area (Å²) in [6.07, 6.45) is 4.08. The molecule has 0 unspecified atom stereocenters. The maximum absolute atomic E-state index is 8.07. The second-order valence-electron chi connectivity index (χ2n) is 2.15. The fraction of sp³-hybridized carbons (Fsp3) is 1.00. The molecule has 2 N–H and O–H groups in total. The fourth-order valence-corrected chi connectivity index (χ4v) is 0.316. The van der Waals surface area contributed by atoms with Gasteiger partial charge in [-0.15, -0.1) is 0 Å². The van der Waals surface area contributed by atoms with Crippen molar-refractivity contribution in [2.75, 3.05) is 13.2 Å². The molecule has 2 nitrogen and oxygen atoms in total. The number of rotatable bonds is 4. The molecule has 0 aliphatic carbocycles. The summed E-state index contributed by atoms with van der Waals surface area (Å²) in [5, 5.41) is 16.1. The van der Waals surface area contributed by atoms with E-state index in [1.54, 1.807) is 0 Å².